The predicted octanol–water partition coefficient (Wildman–Crippen LogP) is 7.30. The van der Waals surface area contributed by atoms with Crippen molar-refractivity contribution in [2.45, 2.75) is 164 Å². The number of rotatable bonds is 22. The Hall–Kier alpha value is 0.404. The average molecular weight is 575 g/mol. The number of hydrogen-bond acceptors (Lipinski definition) is 8. The van der Waals surface area contributed by atoms with Crippen LogP contribution in [0.3, 0.4) is 0 Å². The summed E-state index contributed by atoms with van der Waals surface area (Å²) in [5, 5.41) is 0. The minimum absolute atomic E-state index is 0.167. The highest BCUT2D eigenvalue weighted by atomic mass is 35.5. The lowest BCUT2D eigenvalue weighted by Crippen LogP contribution is -2.59. The van der Waals surface area contributed by atoms with Gasteiger partial charge in [-0.15, -0.1) is 0 Å². The molecule has 6 unspecified atom stereocenters. The Kier molecular flexibility index (Phi) is 18.9. The van der Waals surface area contributed by atoms with Gasteiger partial charge in [0.2, 0.25) is 5.75 Å². The monoisotopic (exact) mass is 574 g/mol. The van der Waals surface area contributed by atoms with Crippen LogP contribution in [-0.2, 0) is 35.4 Å². The van der Waals surface area contributed by atoms with Gasteiger partial charge in [-0.25, -0.2) is 0 Å². The summed E-state index contributed by atoms with van der Waals surface area (Å²) in [4.78, 5) is 0. The van der Waals surface area contributed by atoms with Crippen molar-refractivity contribution in [1.29, 1.82) is 0 Å². The molecule has 0 fully saturated rings. The van der Waals surface area contributed by atoms with E-state index in [1.165, 1.54) is 0 Å². The van der Waals surface area contributed by atoms with E-state index in [9.17, 15) is 0 Å². The highest BCUT2D eigenvalue weighted by molar-refractivity contribution is 6.56. The lowest BCUT2D eigenvalue weighted by atomic mass is 10.3. The van der Waals surface area contributed by atoms with Crippen molar-refractivity contribution < 1.29 is 35.4 Å². The molecule has 0 bridgehead atoms. The third kappa shape index (κ3) is 14.0. The first-order valence-corrected chi connectivity index (χ1v) is 17.6. The Bertz CT molecular complexity index is 454. The lowest BCUT2D eigenvalue weighted by molar-refractivity contribution is -0.155. The molecule has 0 saturated heterocycles. The van der Waals surface area contributed by atoms with Gasteiger partial charge in [0.25, 0.3) is 0 Å². The average Bonchev–Trinajstić information content (AvgIpc) is 2.82. The van der Waals surface area contributed by atoms with Crippen LogP contribution in [0.4, 0.5) is 0 Å². The van der Waals surface area contributed by atoms with Crippen LogP contribution in [0.5, 0.6) is 0 Å². The molecule has 0 aliphatic heterocycles. The molecule has 0 radical (unpaired) electrons. The van der Waals surface area contributed by atoms with E-state index in [-0.39, 0.29) is 36.6 Å². The van der Waals surface area contributed by atoms with Gasteiger partial charge in [-0.1, -0.05) is 53.1 Å². The summed E-state index contributed by atoms with van der Waals surface area (Å²) in [5.41, 5.74) is 0. The van der Waals surface area contributed by atoms with E-state index in [0.717, 1.165) is 38.5 Å². The number of hydrogen-bond donors (Lipinski definition) is 0. The molecular formula is C25H55ClO8Si2. The molecule has 0 aliphatic carbocycles. The third-order valence-electron chi connectivity index (χ3n) is 6.00. The minimum atomic E-state index is -3.76. The van der Waals surface area contributed by atoms with Gasteiger partial charge in [0.05, 0.1) is 0 Å². The van der Waals surface area contributed by atoms with Crippen LogP contribution < -0.4 is 0 Å². The van der Waals surface area contributed by atoms with Gasteiger partial charge in [0.15, 0.2) is 0 Å². The van der Waals surface area contributed by atoms with Crippen molar-refractivity contribution in [3.63, 3.8) is 0 Å². The second-order valence-electron chi connectivity index (χ2n) is 9.53. The summed E-state index contributed by atoms with van der Waals surface area (Å²) >= 11 is 6.75. The Balaban J connectivity index is 6.28. The quantitative estimate of drug-likeness (QED) is 0.0757. The first kappa shape index (κ1) is 36.4. The van der Waals surface area contributed by atoms with Gasteiger partial charge in [-0.05, 0) is 80.1 Å². The third-order valence-corrected chi connectivity index (χ3v) is 11.6. The van der Waals surface area contributed by atoms with Gasteiger partial charge in [-0.2, -0.15) is 0 Å². The molecule has 0 aromatic heterocycles. The highest BCUT2D eigenvalue weighted by Gasteiger charge is 2.56. The zero-order chi connectivity index (χ0) is 27.9. The maximum Gasteiger partial charge on any atom is 0.683 e. The van der Waals surface area contributed by atoms with Gasteiger partial charge in [-0.3, -0.25) is 0 Å². The van der Waals surface area contributed by atoms with E-state index in [0.29, 0.717) is 0 Å². The molecule has 0 aliphatic rings. The van der Waals surface area contributed by atoms with Gasteiger partial charge >= 0.3 is 18.1 Å². The summed E-state index contributed by atoms with van der Waals surface area (Å²) in [6.07, 6.45) is 3.52. The SMILES string of the molecule is CCC(C)O[Si](OC(C)CC)(OC(C)CC)OC(Cl)O[Si](OC(C)CC)(OC(C)CC)OC(C)CC. The molecule has 0 saturated carbocycles. The standard InChI is InChI=1S/C25H55ClO8Si2/c1-13-19(7)27-35(28-20(8)14-2,29-21(9)15-3)33-25(26)34-36(30-22(10)16-4,31-23(11)17-5)32-24(12)18-6/h19-25H,13-18H2,1-12H3. The lowest BCUT2D eigenvalue weighted by Gasteiger charge is -2.38. The minimum Gasteiger partial charge on any atom is -0.348 e. The van der Waals surface area contributed by atoms with Crippen molar-refractivity contribution >= 4 is 29.7 Å². The highest BCUT2D eigenvalue weighted by Crippen LogP contribution is 2.29. The second kappa shape index (κ2) is 18.6. The second-order valence-corrected chi connectivity index (χ2v) is 13.8. The van der Waals surface area contributed by atoms with E-state index in [2.05, 4.69) is 0 Å². The van der Waals surface area contributed by atoms with E-state index in [1.54, 1.807) is 0 Å². The van der Waals surface area contributed by atoms with Crippen LogP contribution in [0.15, 0.2) is 0 Å². The van der Waals surface area contributed by atoms with Crippen molar-refractivity contribution in [2.24, 2.45) is 0 Å². The summed E-state index contributed by atoms with van der Waals surface area (Å²) in [7, 11) is -7.51. The molecule has 0 aromatic carbocycles. The van der Waals surface area contributed by atoms with Crippen molar-refractivity contribution in [3.05, 3.63) is 0 Å². The van der Waals surface area contributed by atoms with Crippen LogP contribution in [0.25, 0.3) is 0 Å². The van der Waals surface area contributed by atoms with E-state index in [4.69, 9.17) is 47.0 Å². The van der Waals surface area contributed by atoms with Crippen LogP contribution in [0.1, 0.15) is 122 Å². The topological polar surface area (TPSA) is 73.8 Å². The summed E-state index contributed by atoms with van der Waals surface area (Å²) in [6, 6.07) is 0. The molecule has 0 spiro atoms. The summed E-state index contributed by atoms with van der Waals surface area (Å²) in [5.74, 6) is -1.34. The Labute approximate surface area is 228 Å². The molecular weight excluding hydrogens is 520 g/mol. The van der Waals surface area contributed by atoms with E-state index >= 15 is 0 Å². The molecule has 36 heavy (non-hydrogen) atoms. The number of alkyl halides is 1. The smallest absolute Gasteiger partial charge is 0.348 e. The van der Waals surface area contributed by atoms with Crippen LogP contribution in [0.2, 0.25) is 0 Å². The Morgan fingerprint density at radius 3 is 0.694 bits per heavy atom. The van der Waals surface area contributed by atoms with Crippen molar-refractivity contribution in [1.82, 2.24) is 0 Å². The van der Waals surface area contributed by atoms with Crippen molar-refractivity contribution in [3.8, 4) is 0 Å². The molecule has 0 aromatic rings. The predicted molar refractivity (Wildman–Crippen MR) is 148 cm³/mol. The Morgan fingerprint density at radius 1 is 0.389 bits per heavy atom. The fourth-order valence-corrected chi connectivity index (χ4v) is 8.49. The van der Waals surface area contributed by atoms with Crippen LogP contribution >= 0.6 is 11.6 Å². The molecule has 218 valence electrons. The number of halogens is 1. The van der Waals surface area contributed by atoms with Gasteiger partial charge < -0.3 is 35.4 Å². The molecule has 0 rings (SSSR count). The molecule has 6 atom stereocenters. The molecule has 11 heteroatoms. The first-order valence-electron chi connectivity index (χ1n) is 13.9. The van der Waals surface area contributed by atoms with Crippen molar-refractivity contribution in [2.75, 3.05) is 0 Å². The molecule has 0 N–H and O–H groups in total. The summed E-state index contributed by atoms with van der Waals surface area (Å²) in [6.45, 7) is 23.9. The largest absolute Gasteiger partial charge is 0.683 e. The zero-order valence-electron chi connectivity index (χ0n) is 24.9. The fraction of sp³-hybridized carbons (Fsp3) is 1.00. The maximum atomic E-state index is 6.75. The molecule has 0 amide bonds. The Morgan fingerprint density at radius 2 is 0.556 bits per heavy atom. The fourth-order valence-electron chi connectivity index (χ4n) is 2.56. The molecule has 0 heterocycles. The normalized spacial score (nSPS) is 21.6. The molecule has 8 nitrogen and oxygen atoms in total. The van der Waals surface area contributed by atoms with E-state index < -0.39 is 23.8 Å². The van der Waals surface area contributed by atoms with Gasteiger partial charge in [0.1, 0.15) is 0 Å². The van der Waals surface area contributed by atoms with Crippen LogP contribution in [0, 0.1) is 0 Å². The van der Waals surface area contributed by atoms with Crippen LogP contribution in [-0.4, -0.2) is 60.5 Å². The maximum absolute atomic E-state index is 6.75. The van der Waals surface area contributed by atoms with E-state index in [1.807, 2.05) is 83.1 Å². The summed E-state index contributed by atoms with van der Waals surface area (Å²) < 4.78 is 50.5. The first-order chi connectivity index (χ1) is 16.8. The van der Waals surface area contributed by atoms with Gasteiger partial charge in [0, 0.05) is 36.6 Å². The zero-order valence-corrected chi connectivity index (χ0v) is 27.7.